The summed E-state index contributed by atoms with van der Waals surface area (Å²) in [7, 11) is 0. The van der Waals surface area contributed by atoms with Crippen LogP contribution in [0.3, 0.4) is 0 Å². The van der Waals surface area contributed by atoms with E-state index >= 15 is 0 Å². The lowest BCUT2D eigenvalue weighted by atomic mass is 10.3. The molecule has 0 aliphatic heterocycles. The maximum Gasteiger partial charge on any atom is 0.156 e. The lowest BCUT2D eigenvalue weighted by Gasteiger charge is -2.11. The Balaban J connectivity index is 2.42. The SMILES string of the molecule is CC(NCc1ccccn1)C(N)=NO. The first kappa shape index (κ1) is 10.5. The quantitative estimate of drug-likeness (QED) is 0.279. The van der Waals surface area contributed by atoms with E-state index in [-0.39, 0.29) is 11.9 Å². The predicted octanol–water partition coefficient (Wildman–Crippen LogP) is 0.306. The average Bonchev–Trinajstić information content (AvgIpc) is 2.26. The second-order valence-corrected chi connectivity index (χ2v) is 2.95. The lowest BCUT2D eigenvalue weighted by molar-refractivity contribution is 0.315. The van der Waals surface area contributed by atoms with E-state index in [0.717, 1.165) is 5.69 Å². The van der Waals surface area contributed by atoms with Gasteiger partial charge in [0.1, 0.15) is 0 Å². The largest absolute Gasteiger partial charge is 0.409 e. The van der Waals surface area contributed by atoms with Gasteiger partial charge in [0.05, 0.1) is 11.7 Å². The van der Waals surface area contributed by atoms with E-state index in [1.165, 1.54) is 0 Å². The summed E-state index contributed by atoms with van der Waals surface area (Å²) in [5, 5.41) is 14.4. The van der Waals surface area contributed by atoms with Crippen molar-refractivity contribution in [2.24, 2.45) is 10.9 Å². The highest BCUT2D eigenvalue weighted by molar-refractivity contribution is 5.84. The van der Waals surface area contributed by atoms with Crippen LogP contribution >= 0.6 is 0 Å². The summed E-state index contributed by atoms with van der Waals surface area (Å²) in [6.45, 7) is 2.41. The Hall–Kier alpha value is -1.62. The number of nitrogens with two attached hydrogens (primary N) is 1. The molecule has 0 saturated carbocycles. The highest BCUT2D eigenvalue weighted by atomic mass is 16.4. The Morgan fingerprint density at radius 2 is 2.50 bits per heavy atom. The maximum absolute atomic E-state index is 8.41. The van der Waals surface area contributed by atoms with Crippen LogP contribution < -0.4 is 11.1 Å². The molecule has 5 nitrogen and oxygen atoms in total. The van der Waals surface area contributed by atoms with Crippen LogP contribution in [-0.2, 0) is 6.54 Å². The summed E-state index contributed by atoms with van der Waals surface area (Å²) < 4.78 is 0. The van der Waals surface area contributed by atoms with E-state index in [1.807, 2.05) is 25.1 Å². The molecule has 1 aromatic heterocycles. The Morgan fingerprint density at radius 3 is 3.07 bits per heavy atom. The van der Waals surface area contributed by atoms with Crippen molar-refractivity contribution < 1.29 is 5.21 Å². The van der Waals surface area contributed by atoms with Crippen LogP contribution in [0.15, 0.2) is 29.6 Å². The predicted molar refractivity (Wildman–Crippen MR) is 53.9 cm³/mol. The van der Waals surface area contributed by atoms with Crippen LogP contribution in [-0.4, -0.2) is 22.1 Å². The van der Waals surface area contributed by atoms with E-state index in [4.69, 9.17) is 10.9 Å². The molecule has 0 spiro atoms. The summed E-state index contributed by atoms with van der Waals surface area (Å²) in [6, 6.07) is 5.52. The van der Waals surface area contributed by atoms with E-state index < -0.39 is 0 Å². The second-order valence-electron chi connectivity index (χ2n) is 2.95. The first-order valence-electron chi connectivity index (χ1n) is 4.34. The van der Waals surface area contributed by atoms with Gasteiger partial charge < -0.3 is 16.3 Å². The van der Waals surface area contributed by atoms with Crippen molar-refractivity contribution in [2.45, 2.75) is 19.5 Å². The normalized spacial score (nSPS) is 13.9. The minimum Gasteiger partial charge on any atom is -0.409 e. The van der Waals surface area contributed by atoms with Crippen molar-refractivity contribution in [1.82, 2.24) is 10.3 Å². The van der Waals surface area contributed by atoms with Crippen molar-refractivity contribution in [3.63, 3.8) is 0 Å². The van der Waals surface area contributed by atoms with Crippen LogP contribution in [0.1, 0.15) is 12.6 Å². The molecule has 76 valence electrons. The zero-order valence-corrected chi connectivity index (χ0v) is 8.01. The first-order chi connectivity index (χ1) is 6.74. The van der Waals surface area contributed by atoms with Gasteiger partial charge in [0, 0.05) is 12.7 Å². The van der Waals surface area contributed by atoms with Gasteiger partial charge in [-0.25, -0.2) is 0 Å². The standard InChI is InChI=1S/C9H14N4O/c1-7(9(10)13-14)12-6-8-4-2-3-5-11-8/h2-5,7,12,14H,6H2,1H3,(H2,10,13). The molecule has 0 saturated heterocycles. The molecule has 5 heteroatoms. The number of amidine groups is 1. The van der Waals surface area contributed by atoms with Gasteiger partial charge >= 0.3 is 0 Å². The highest BCUT2D eigenvalue weighted by Gasteiger charge is 2.05. The second kappa shape index (κ2) is 5.18. The van der Waals surface area contributed by atoms with Crippen LogP contribution in [0, 0.1) is 0 Å². The summed E-state index contributed by atoms with van der Waals surface area (Å²) in [4.78, 5) is 4.13. The molecule has 0 aromatic carbocycles. The molecule has 4 N–H and O–H groups in total. The van der Waals surface area contributed by atoms with Crippen LogP contribution in [0.25, 0.3) is 0 Å². The molecule has 0 amide bonds. The number of hydrogen-bond donors (Lipinski definition) is 3. The topological polar surface area (TPSA) is 83.5 Å². The summed E-state index contributed by atoms with van der Waals surface area (Å²) >= 11 is 0. The van der Waals surface area contributed by atoms with E-state index in [9.17, 15) is 0 Å². The van der Waals surface area contributed by atoms with Crippen LogP contribution in [0.4, 0.5) is 0 Å². The molecule has 1 atom stereocenters. The highest BCUT2D eigenvalue weighted by Crippen LogP contribution is 1.93. The molecule has 0 radical (unpaired) electrons. The van der Waals surface area contributed by atoms with Gasteiger partial charge in [0.2, 0.25) is 0 Å². The monoisotopic (exact) mass is 194 g/mol. The average molecular weight is 194 g/mol. The summed E-state index contributed by atoms with van der Waals surface area (Å²) in [5.41, 5.74) is 6.32. The molecular weight excluding hydrogens is 180 g/mol. The number of aromatic nitrogens is 1. The lowest BCUT2D eigenvalue weighted by Crippen LogP contribution is -2.38. The Bertz CT molecular complexity index is 299. The van der Waals surface area contributed by atoms with E-state index in [0.29, 0.717) is 6.54 Å². The van der Waals surface area contributed by atoms with Gasteiger partial charge in [-0.1, -0.05) is 11.2 Å². The van der Waals surface area contributed by atoms with Crippen LogP contribution in [0.2, 0.25) is 0 Å². The molecule has 1 rings (SSSR count). The van der Waals surface area contributed by atoms with Gasteiger partial charge in [-0.3, -0.25) is 4.98 Å². The molecule has 1 heterocycles. The van der Waals surface area contributed by atoms with E-state index in [1.54, 1.807) is 6.20 Å². The van der Waals surface area contributed by atoms with Crippen molar-refractivity contribution in [3.8, 4) is 0 Å². The zero-order chi connectivity index (χ0) is 10.4. The smallest absolute Gasteiger partial charge is 0.156 e. The molecule has 0 bridgehead atoms. The zero-order valence-electron chi connectivity index (χ0n) is 8.01. The number of rotatable bonds is 4. The Labute approximate surface area is 82.6 Å². The number of pyridine rings is 1. The Morgan fingerprint density at radius 1 is 1.71 bits per heavy atom. The van der Waals surface area contributed by atoms with Gasteiger partial charge in [0.15, 0.2) is 5.84 Å². The minimum atomic E-state index is -0.165. The number of nitrogens with zero attached hydrogens (tertiary/aromatic N) is 2. The number of nitrogens with one attached hydrogen (secondary N) is 1. The fourth-order valence-corrected chi connectivity index (χ4v) is 0.952. The van der Waals surface area contributed by atoms with Gasteiger partial charge in [-0.05, 0) is 19.1 Å². The summed E-state index contributed by atoms with van der Waals surface area (Å²) in [6.07, 6.45) is 1.73. The molecule has 0 aliphatic carbocycles. The van der Waals surface area contributed by atoms with Gasteiger partial charge in [-0.2, -0.15) is 0 Å². The van der Waals surface area contributed by atoms with Gasteiger partial charge in [-0.15, -0.1) is 0 Å². The molecule has 0 fully saturated rings. The molecule has 14 heavy (non-hydrogen) atoms. The Kier molecular flexibility index (Phi) is 3.87. The number of oxime groups is 1. The third-order valence-electron chi connectivity index (χ3n) is 1.87. The van der Waals surface area contributed by atoms with Crippen molar-refractivity contribution in [2.75, 3.05) is 0 Å². The molecule has 0 aliphatic rings. The van der Waals surface area contributed by atoms with Crippen molar-refractivity contribution in [3.05, 3.63) is 30.1 Å². The molecule has 1 unspecified atom stereocenters. The van der Waals surface area contributed by atoms with Crippen molar-refractivity contribution >= 4 is 5.84 Å². The first-order valence-corrected chi connectivity index (χ1v) is 4.34. The maximum atomic E-state index is 8.41. The summed E-state index contributed by atoms with van der Waals surface area (Å²) in [5.74, 6) is 0.168. The fourth-order valence-electron chi connectivity index (χ4n) is 0.952. The van der Waals surface area contributed by atoms with Gasteiger partial charge in [0.25, 0.3) is 0 Å². The van der Waals surface area contributed by atoms with Crippen LogP contribution in [0.5, 0.6) is 0 Å². The third kappa shape index (κ3) is 3.02. The minimum absolute atomic E-state index is 0.165. The van der Waals surface area contributed by atoms with Crippen molar-refractivity contribution in [1.29, 1.82) is 0 Å². The van der Waals surface area contributed by atoms with E-state index in [2.05, 4.69) is 15.5 Å². The fraction of sp³-hybridized carbons (Fsp3) is 0.333. The molecule has 1 aromatic rings. The third-order valence-corrected chi connectivity index (χ3v) is 1.87. The number of hydrogen-bond acceptors (Lipinski definition) is 4. The molecular formula is C9H14N4O.